The topological polar surface area (TPSA) is 74.6 Å². The number of rotatable bonds is 6. The molecule has 10 heteroatoms. The fraction of sp³-hybridized carbons (Fsp3) is 0.485. The van der Waals surface area contributed by atoms with Gasteiger partial charge in [0.2, 0.25) is 0 Å². The second-order valence-corrected chi connectivity index (χ2v) is 12.2. The van der Waals surface area contributed by atoms with Crippen molar-refractivity contribution in [1.82, 2.24) is 19.9 Å². The van der Waals surface area contributed by atoms with Crippen LogP contribution in [0, 0.1) is 11.6 Å². The number of halogens is 3. The number of anilines is 1. The van der Waals surface area contributed by atoms with E-state index in [1.54, 1.807) is 18.3 Å². The Morgan fingerprint density at radius 2 is 1.86 bits per heavy atom. The van der Waals surface area contributed by atoms with Crippen molar-refractivity contribution in [3.63, 3.8) is 0 Å². The third-order valence-corrected chi connectivity index (χ3v) is 9.54. The normalized spacial score (nSPS) is 22.8. The van der Waals surface area contributed by atoms with Gasteiger partial charge in [0.15, 0.2) is 5.82 Å². The molecule has 0 spiro atoms. The molecule has 1 unspecified atom stereocenters. The first-order valence-corrected chi connectivity index (χ1v) is 15.4. The Bertz CT molecular complexity index is 1690. The summed E-state index contributed by atoms with van der Waals surface area (Å²) in [5, 5.41) is 12.1. The molecule has 7 rings (SSSR count). The minimum atomic E-state index is -0.893. The van der Waals surface area contributed by atoms with Gasteiger partial charge in [-0.2, -0.15) is 9.97 Å². The highest BCUT2D eigenvalue weighted by atomic mass is 19.1. The molecule has 3 aliphatic heterocycles. The van der Waals surface area contributed by atoms with Crippen molar-refractivity contribution in [3.05, 3.63) is 47.7 Å². The van der Waals surface area contributed by atoms with E-state index in [4.69, 9.17) is 9.72 Å². The van der Waals surface area contributed by atoms with Crippen LogP contribution in [0.2, 0.25) is 0 Å². The largest absolute Gasteiger partial charge is 0.508 e. The van der Waals surface area contributed by atoms with Crippen LogP contribution in [0.4, 0.5) is 19.0 Å². The molecule has 5 heterocycles. The third kappa shape index (κ3) is 4.93. The summed E-state index contributed by atoms with van der Waals surface area (Å²) in [7, 11) is 0. The average Bonchev–Trinajstić information content (AvgIpc) is 3.37. The zero-order chi connectivity index (χ0) is 29.7. The van der Waals surface area contributed by atoms with Crippen LogP contribution in [0.3, 0.4) is 0 Å². The first kappa shape index (κ1) is 28.1. The number of benzene rings is 2. The highest BCUT2D eigenvalue weighted by Crippen LogP contribution is 2.42. The van der Waals surface area contributed by atoms with Crippen molar-refractivity contribution in [3.8, 4) is 23.0 Å². The summed E-state index contributed by atoms with van der Waals surface area (Å²) in [5.41, 5.74) is 0.341. The van der Waals surface area contributed by atoms with Gasteiger partial charge >= 0.3 is 6.01 Å². The molecule has 0 bridgehead atoms. The lowest BCUT2D eigenvalue weighted by Crippen LogP contribution is -2.43. The standard InChI is InChI=1S/C33H36F3N5O2/c1-2-23-26(35)9-8-20-14-22(42)15-24(27(20)23)29-28(36)30-25(17-37-29)31(40-11-5-3-4-6-12-40)39-32(38-30)43-19-33-10-7-13-41(33)18-21(34)16-33/h8-9,14-15,17,21,42H,2-7,10-13,16,18-19H2,1H3/t21?,33-/m0/s1. The molecule has 0 saturated carbocycles. The second-order valence-electron chi connectivity index (χ2n) is 12.2. The molecule has 3 fully saturated rings. The van der Waals surface area contributed by atoms with Gasteiger partial charge in [-0.3, -0.25) is 9.88 Å². The number of nitrogens with zero attached hydrogens (tertiary/aromatic N) is 5. The number of fused-ring (bicyclic) bond motifs is 3. The summed E-state index contributed by atoms with van der Waals surface area (Å²) in [6.07, 6.45) is 7.50. The van der Waals surface area contributed by atoms with Gasteiger partial charge in [-0.1, -0.05) is 25.8 Å². The number of hydrogen-bond donors (Lipinski definition) is 1. The van der Waals surface area contributed by atoms with Crippen LogP contribution in [-0.2, 0) is 6.42 Å². The Morgan fingerprint density at radius 1 is 1.05 bits per heavy atom. The van der Waals surface area contributed by atoms with Crippen LogP contribution >= 0.6 is 0 Å². The maximum atomic E-state index is 16.7. The van der Waals surface area contributed by atoms with Gasteiger partial charge in [0.05, 0.1) is 10.9 Å². The molecular weight excluding hydrogens is 555 g/mol. The lowest BCUT2D eigenvalue weighted by atomic mass is 9.94. The van der Waals surface area contributed by atoms with Gasteiger partial charge in [-0.15, -0.1) is 0 Å². The molecule has 0 amide bonds. The van der Waals surface area contributed by atoms with Crippen molar-refractivity contribution >= 4 is 27.5 Å². The van der Waals surface area contributed by atoms with Crippen molar-refractivity contribution < 1.29 is 23.0 Å². The molecule has 226 valence electrons. The Kier molecular flexibility index (Phi) is 7.27. The molecule has 2 aromatic heterocycles. The number of aromatic nitrogens is 3. The molecule has 43 heavy (non-hydrogen) atoms. The van der Waals surface area contributed by atoms with Crippen molar-refractivity contribution in [2.24, 2.45) is 0 Å². The van der Waals surface area contributed by atoms with Gasteiger partial charge in [0, 0.05) is 37.8 Å². The highest BCUT2D eigenvalue weighted by Gasteiger charge is 2.49. The van der Waals surface area contributed by atoms with Gasteiger partial charge in [0.25, 0.3) is 0 Å². The fourth-order valence-electron chi connectivity index (χ4n) is 7.48. The van der Waals surface area contributed by atoms with Crippen LogP contribution in [0.5, 0.6) is 11.8 Å². The number of phenolic OH excluding ortho intramolecular Hbond substituents is 1. The van der Waals surface area contributed by atoms with Crippen molar-refractivity contribution in [2.75, 3.05) is 37.7 Å². The van der Waals surface area contributed by atoms with Gasteiger partial charge < -0.3 is 14.7 Å². The monoisotopic (exact) mass is 591 g/mol. The van der Waals surface area contributed by atoms with E-state index in [-0.39, 0.29) is 29.6 Å². The SMILES string of the molecule is CCc1c(F)ccc2cc(O)cc(-c3ncc4c(N5CCCCCC5)nc(OC[C@@]56CCCN5CC(F)C6)nc4c3F)c12. The number of alkyl halides is 1. The third-order valence-electron chi connectivity index (χ3n) is 9.54. The predicted octanol–water partition coefficient (Wildman–Crippen LogP) is 6.73. The molecule has 3 aliphatic rings. The van der Waals surface area contributed by atoms with E-state index in [1.807, 2.05) is 6.92 Å². The molecule has 0 radical (unpaired) electrons. The number of aromatic hydroxyl groups is 1. The van der Waals surface area contributed by atoms with Crippen LogP contribution < -0.4 is 9.64 Å². The van der Waals surface area contributed by atoms with E-state index in [2.05, 4.69) is 19.8 Å². The minimum Gasteiger partial charge on any atom is -0.508 e. The van der Waals surface area contributed by atoms with Gasteiger partial charge in [-0.25, -0.2) is 13.2 Å². The van der Waals surface area contributed by atoms with Crippen LogP contribution in [0.1, 0.15) is 57.4 Å². The maximum absolute atomic E-state index is 16.7. The summed E-state index contributed by atoms with van der Waals surface area (Å²) < 4.78 is 52.2. The zero-order valence-corrected chi connectivity index (χ0v) is 24.4. The quantitative estimate of drug-likeness (QED) is 0.267. The first-order chi connectivity index (χ1) is 20.9. The van der Waals surface area contributed by atoms with Gasteiger partial charge in [0.1, 0.15) is 41.4 Å². The molecule has 3 saturated heterocycles. The van der Waals surface area contributed by atoms with Crippen molar-refractivity contribution in [2.45, 2.75) is 70.0 Å². The second kappa shape index (κ2) is 11.1. The molecule has 7 nitrogen and oxygen atoms in total. The lowest BCUT2D eigenvalue weighted by Gasteiger charge is -2.31. The molecule has 2 aromatic carbocycles. The first-order valence-electron chi connectivity index (χ1n) is 15.4. The number of hydrogen-bond acceptors (Lipinski definition) is 7. The van der Waals surface area contributed by atoms with E-state index in [9.17, 15) is 13.9 Å². The Hall–Kier alpha value is -3.66. The van der Waals surface area contributed by atoms with E-state index in [0.29, 0.717) is 52.5 Å². The smallest absolute Gasteiger partial charge is 0.319 e. The Balaban J connectivity index is 1.37. The Morgan fingerprint density at radius 3 is 2.65 bits per heavy atom. The van der Waals surface area contributed by atoms with Crippen molar-refractivity contribution in [1.29, 1.82) is 0 Å². The molecule has 0 aliphatic carbocycles. The number of phenols is 1. The van der Waals surface area contributed by atoms with Crippen LogP contribution in [0.15, 0.2) is 30.5 Å². The van der Waals surface area contributed by atoms with E-state index < -0.39 is 23.3 Å². The summed E-state index contributed by atoms with van der Waals surface area (Å²) in [5.74, 6) is -0.592. The summed E-state index contributed by atoms with van der Waals surface area (Å²) in [6.45, 7) is 4.85. The number of ether oxygens (including phenoxy) is 1. The van der Waals surface area contributed by atoms with E-state index >= 15 is 4.39 Å². The van der Waals surface area contributed by atoms with Crippen LogP contribution in [-0.4, -0.2) is 69.5 Å². The Labute approximate surface area is 248 Å². The van der Waals surface area contributed by atoms with E-state index in [0.717, 1.165) is 58.2 Å². The average molecular weight is 592 g/mol. The maximum Gasteiger partial charge on any atom is 0.319 e. The zero-order valence-electron chi connectivity index (χ0n) is 24.4. The molecule has 1 N–H and O–H groups in total. The molecular formula is C33H36F3N5O2. The number of pyridine rings is 1. The van der Waals surface area contributed by atoms with E-state index in [1.165, 1.54) is 12.1 Å². The number of aryl methyl sites for hydroxylation is 1. The minimum absolute atomic E-state index is 0.0307. The summed E-state index contributed by atoms with van der Waals surface area (Å²) >= 11 is 0. The van der Waals surface area contributed by atoms with Gasteiger partial charge in [-0.05, 0) is 73.2 Å². The highest BCUT2D eigenvalue weighted by molar-refractivity contribution is 6.01. The molecule has 2 atom stereocenters. The molecule has 4 aromatic rings. The summed E-state index contributed by atoms with van der Waals surface area (Å²) in [4.78, 5) is 18.2. The lowest BCUT2D eigenvalue weighted by molar-refractivity contribution is 0.107. The van der Waals surface area contributed by atoms with Crippen LogP contribution in [0.25, 0.3) is 32.9 Å². The summed E-state index contributed by atoms with van der Waals surface area (Å²) in [6, 6.07) is 5.95. The fourth-order valence-corrected chi connectivity index (χ4v) is 7.48. The predicted molar refractivity (Wildman–Crippen MR) is 160 cm³/mol.